The molecular formula is C78H152O17P2. The van der Waals surface area contributed by atoms with Gasteiger partial charge >= 0.3 is 39.5 Å². The van der Waals surface area contributed by atoms with Gasteiger partial charge in [0.05, 0.1) is 26.4 Å². The number of unbranched alkanes of at least 4 members (excludes halogenated alkanes) is 43. The zero-order chi connectivity index (χ0) is 71.6. The van der Waals surface area contributed by atoms with Crippen LogP contribution in [0.2, 0.25) is 0 Å². The van der Waals surface area contributed by atoms with Crippen LogP contribution in [0, 0.1) is 17.8 Å². The van der Waals surface area contributed by atoms with Crippen molar-refractivity contribution < 1.29 is 80.2 Å². The summed E-state index contributed by atoms with van der Waals surface area (Å²) in [5.41, 5.74) is 0. The minimum atomic E-state index is -4.96. The van der Waals surface area contributed by atoms with E-state index in [1.165, 1.54) is 199 Å². The lowest BCUT2D eigenvalue weighted by Gasteiger charge is -2.21. The van der Waals surface area contributed by atoms with E-state index in [2.05, 4.69) is 48.5 Å². The lowest BCUT2D eigenvalue weighted by molar-refractivity contribution is -0.161. The molecule has 0 aromatic rings. The second-order valence-electron chi connectivity index (χ2n) is 29.3. The Morgan fingerprint density at radius 1 is 0.299 bits per heavy atom. The number of hydrogen-bond donors (Lipinski definition) is 3. The van der Waals surface area contributed by atoms with Crippen LogP contribution in [-0.2, 0) is 65.4 Å². The Balaban J connectivity index is 5.20. The number of ether oxygens (including phenoxy) is 4. The average molecular weight is 1420 g/mol. The lowest BCUT2D eigenvalue weighted by Crippen LogP contribution is -2.30. The fraction of sp³-hybridized carbons (Fsp3) is 0.949. The molecule has 0 radical (unpaired) electrons. The van der Waals surface area contributed by atoms with E-state index >= 15 is 0 Å². The molecule has 576 valence electrons. The predicted octanol–water partition coefficient (Wildman–Crippen LogP) is 23.0. The van der Waals surface area contributed by atoms with E-state index in [-0.39, 0.29) is 25.7 Å². The Morgan fingerprint density at radius 2 is 0.526 bits per heavy atom. The van der Waals surface area contributed by atoms with Crippen molar-refractivity contribution in [3.63, 3.8) is 0 Å². The summed E-state index contributed by atoms with van der Waals surface area (Å²) in [6, 6.07) is 0. The van der Waals surface area contributed by atoms with E-state index in [9.17, 15) is 43.2 Å². The maximum Gasteiger partial charge on any atom is 0.472 e. The number of phosphoric acid groups is 2. The largest absolute Gasteiger partial charge is 0.472 e. The number of aliphatic hydroxyl groups excluding tert-OH is 1. The fourth-order valence-electron chi connectivity index (χ4n) is 11.9. The molecule has 0 aromatic heterocycles. The van der Waals surface area contributed by atoms with Gasteiger partial charge in [-0.25, -0.2) is 9.13 Å². The molecule has 0 saturated heterocycles. The van der Waals surface area contributed by atoms with Gasteiger partial charge in [0.2, 0.25) is 0 Å². The van der Waals surface area contributed by atoms with E-state index in [0.29, 0.717) is 25.7 Å². The number of esters is 4. The lowest BCUT2D eigenvalue weighted by atomic mass is 9.99. The zero-order valence-electron chi connectivity index (χ0n) is 63.5. The normalized spacial score (nSPS) is 14.3. The summed E-state index contributed by atoms with van der Waals surface area (Å²) in [5.74, 6) is 0.305. The Hall–Kier alpha value is -1.94. The molecule has 0 amide bonds. The van der Waals surface area contributed by atoms with Gasteiger partial charge in [0.25, 0.3) is 0 Å². The number of rotatable bonds is 76. The zero-order valence-corrected chi connectivity index (χ0v) is 65.3. The summed E-state index contributed by atoms with van der Waals surface area (Å²) < 4.78 is 68.5. The molecule has 6 atom stereocenters. The molecule has 0 spiro atoms. The summed E-state index contributed by atoms with van der Waals surface area (Å²) >= 11 is 0. The maximum atomic E-state index is 13.1. The standard InChI is InChI=1S/C78H152O17P2/c1-8-10-11-12-35-45-52-59-75(80)88-65-73(94-77(82)62-55-48-41-34-28-22-16-18-24-30-37-43-50-57-70(5)6)67-92-96(84,85)90-63-72(79)64-91-97(86,87)93-68-74(66-89-76(81)60-53-46-39-32-26-21-15-17-23-29-36-42-49-56-69(3)4)95-78(83)61-54-47-40-33-27-20-14-13-19-25-31-38-44-51-58-71(7)9-2/h69-74,79H,8-68H2,1-7H3,(H,84,85)(H,86,87)/t71?,72-,73+,74+/m0/s1. The topological polar surface area (TPSA) is 237 Å². The molecule has 0 fully saturated rings. The maximum absolute atomic E-state index is 13.1. The van der Waals surface area contributed by atoms with Gasteiger partial charge in [0, 0.05) is 25.7 Å². The molecule has 3 unspecified atom stereocenters. The van der Waals surface area contributed by atoms with Gasteiger partial charge in [-0.3, -0.25) is 37.3 Å². The third-order valence-corrected chi connectivity index (χ3v) is 20.4. The Kier molecular flexibility index (Phi) is 67.1. The van der Waals surface area contributed by atoms with Crippen molar-refractivity contribution in [3.05, 3.63) is 0 Å². The third-order valence-electron chi connectivity index (χ3n) is 18.5. The van der Waals surface area contributed by atoms with Crippen molar-refractivity contribution in [2.45, 2.75) is 420 Å². The molecule has 0 aromatic carbocycles. The van der Waals surface area contributed by atoms with Crippen LogP contribution < -0.4 is 0 Å². The van der Waals surface area contributed by atoms with Crippen LogP contribution in [0.5, 0.6) is 0 Å². The van der Waals surface area contributed by atoms with Crippen LogP contribution in [0.3, 0.4) is 0 Å². The quantitative estimate of drug-likeness (QED) is 0.0222. The summed E-state index contributed by atoms with van der Waals surface area (Å²) in [6.45, 7) is 12.0. The van der Waals surface area contributed by atoms with E-state index in [0.717, 1.165) is 120 Å². The van der Waals surface area contributed by atoms with Crippen molar-refractivity contribution in [3.8, 4) is 0 Å². The van der Waals surface area contributed by atoms with Gasteiger partial charge in [-0.15, -0.1) is 0 Å². The number of carbonyl (C=O) groups excluding carboxylic acids is 4. The number of hydrogen-bond acceptors (Lipinski definition) is 15. The summed E-state index contributed by atoms with van der Waals surface area (Å²) in [6.07, 6.45) is 55.5. The van der Waals surface area contributed by atoms with Crippen LogP contribution in [0.25, 0.3) is 0 Å². The monoisotopic (exact) mass is 1420 g/mol. The molecule has 0 rings (SSSR count). The van der Waals surface area contributed by atoms with Crippen LogP contribution in [0.1, 0.15) is 402 Å². The van der Waals surface area contributed by atoms with Crippen LogP contribution in [0.15, 0.2) is 0 Å². The third kappa shape index (κ3) is 70.9. The van der Waals surface area contributed by atoms with Crippen LogP contribution >= 0.6 is 15.6 Å². The highest BCUT2D eigenvalue weighted by Gasteiger charge is 2.30. The predicted molar refractivity (Wildman–Crippen MR) is 395 cm³/mol. The fourth-order valence-corrected chi connectivity index (χ4v) is 13.5. The number of phosphoric ester groups is 2. The van der Waals surface area contributed by atoms with Crippen LogP contribution in [0.4, 0.5) is 0 Å². The first kappa shape index (κ1) is 95.1. The Labute approximate surface area is 594 Å². The molecule has 19 heteroatoms. The molecule has 0 heterocycles. The second-order valence-corrected chi connectivity index (χ2v) is 32.2. The van der Waals surface area contributed by atoms with Crippen LogP contribution in [-0.4, -0.2) is 96.7 Å². The van der Waals surface area contributed by atoms with Gasteiger partial charge in [0.1, 0.15) is 19.3 Å². The summed E-state index contributed by atoms with van der Waals surface area (Å²) in [4.78, 5) is 72.8. The average Bonchev–Trinajstić information content (AvgIpc) is 1.17. The minimum Gasteiger partial charge on any atom is -0.462 e. The first-order valence-corrected chi connectivity index (χ1v) is 43.4. The van der Waals surface area contributed by atoms with Crippen molar-refractivity contribution in [1.29, 1.82) is 0 Å². The molecule has 17 nitrogen and oxygen atoms in total. The van der Waals surface area contributed by atoms with E-state index in [1.54, 1.807) is 0 Å². The molecule has 0 aliphatic rings. The van der Waals surface area contributed by atoms with Crippen molar-refractivity contribution in [1.82, 2.24) is 0 Å². The van der Waals surface area contributed by atoms with Gasteiger partial charge < -0.3 is 33.8 Å². The van der Waals surface area contributed by atoms with Gasteiger partial charge in [-0.2, -0.15) is 0 Å². The highest BCUT2D eigenvalue weighted by atomic mass is 31.2. The molecule has 3 N–H and O–H groups in total. The first-order chi connectivity index (χ1) is 46.8. The Morgan fingerprint density at radius 3 is 0.784 bits per heavy atom. The summed E-state index contributed by atoms with van der Waals surface area (Å²) in [7, 11) is -9.91. The molecular weight excluding hydrogens is 1270 g/mol. The smallest absolute Gasteiger partial charge is 0.462 e. The Bertz CT molecular complexity index is 1890. The van der Waals surface area contributed by atoms with E-state index in [4.69, 9.17) is 37.0 Å². The molecule has 0 saturated carbocycles. The molecule has 0 aliphatic carbocycles. The van der Waals surface area contributed by atoms with Gasteiger partial charge in [-0.1, -0.05) is 350 Å². The summed E-state index contributed by atoms with van der Waals surface area (Å²) in [5, 5.41) is 10.6. The van der Waals surface area contributed by atoms with Gasteiger partial charge in [-0.05, 0) is 43.4 Å². The van der Waals surface area contributed by atoms with E-state index in [1.807, 2.05) is 0 Å². The van der Waals surface area contributed by atoms with Crippen molar-refractivity contribution in [2.75, 3.05) is 39.6 Å². The second kappa shape index (κ2) is 68.5. The van der Waals surface area contributed by atoms with Crippen molar-refractivity contribution in [2.24, 2.45) is 17.8 Å². The minimum absolute atomic E-state index is 0.107. The number of carbonyl (C=O) groups is 4. The highest BCUT2D eigenvalue weighted by molar-refractivity contribution is 7.47. The van der Waals surface area contributed by atoms with Gasteiger partial charge in [0.15, 0.2) is 12.2 Å². The van der Waals surface area contributed by atoms with Crippen molar-refractivity contribution >= 4 is 39.5 Å². The van der Waals surface area contributed by atoms with E-state index < -0.39 is 97.5 Å². The SMILES string of the molecule is CCCCCCCCCC(=O)OC[C@H](COP(=O)(O)OC[C@H](O)COP(=O)(O)OC[C@@H](COC(=O)CCCCCCCCCCCCCCCC(C)C)OC(=O)CCCCCCCCCCCCCCCCC(C)CC)OC(=O)CCCCCCCCCCCCCCCC(C)C. The molecule has 0 bridgehead atoms. The first-order valence-electron chi connectivity index (χ1n) is 40.4. The molecule has 97 heavy (non-hydrogen) atoms. The number of aliphatic hydroxyl groups is 1. The molecule has 0 aliphatic heterocycles. The highest BCUT2D eigenvalue weighted by Crippen LogP contribution is 2.45.